The number of nitrogens with one attached hydrogen (secondary N) is 3. The Hall–Kier alpha value is -1.39. The number of nitrogens with zero attached hydrogens (tertiary/aromatic N) is 1. The molecule has 2 atom stereocenters. The number of hydrogen-bond acceptors (Lipinski definition) is 4. The van der Waals surface area contributed by atoms with Gasteiger partial charge in [0.25, 0.3) is 5.91 Å². The van der Waals surface area contributed by atoms with Gasteiger partial charge in [0.15, 0.2) is 5.96 Å². The number of carbonyl (C=O) groups excluding carboxylic acids is 1. The molecule has 0 aromatic heterocycles. The predicted octanol–water partition coefficient (Wildman–Crippen LogP) is 1.96. The molecule has 0 aliphatic carbocycles. The Morgan fingerprint density at radius 2 is 2.25 bits per heavy atom. The van der Waals surface area contributed by atoms with E-state index in [1.807, 2.05) is 31.2 Å². The molecule has 8 heteroatoms. The van der Waals surface area contributed by atoms with Crippen LogP contribution in [0.4, 0.5) is 0 Å². The summed E-state index contributed by atoms with van der Waals surface area (Å²) in [4.78, 5) is 16.4. The van der Waals surface area contributed by atoms with Crippen molar-refractivity contribution < 1.29 is 14.3 Å². The van der Waals surface area contributed by atoms with Gasteiger partial charge in [0, 0.05) is 38.3 Å². The highest BCUT2D eigenvalue weighted by atomic mass is 127. The van der Waals surface area contributed by atoms with Crippen molar-refractivity contribution in [2.24, 2.45) is 4.99 Å². The molecular weight excluding hydrogens is 471 g/mol. The maximum Gasteiger partial charge on any atom is 0.251 e. The van der Waals surface area contributed by atoms with Gasteiger partial charge in [-0.2, -0.15) is 0 Å². The summed E-state index contributed by atoms with van der Waals surface area (Å²) >= 11 is 0. The summed E-state index contributed by atoms with van der Waals surface area (Å²) in [5.74, 6) is 0.704. The standard InChI is InChI=1S/C20H32N4O3.HI/c1-4-22-20(24-15(2)13-27-18-9-11-26-14-18)23-10-8-16-6-5-7-17(12-16)19(25)21-3;/h5-7,12,15,18H,4,8-11,13-14H2,1-3H3,(H,21,25)(H2,22,23,24);1H. The Kier molecular flexibility index (Phi) is 12.1. The highest BCUT2D eigenvalue weighted by Crippen LogP contribution is 2.08. The molecule has 3 N–H and O–H groups in total. The lowest BCUT2D eigenvalue weighted by atomic mass is 10.1. The van der Waals surface area contributed by atoms with E-state index in [0.717, 1.165) is 37.5 Å². The smallest absolute Gasteiger partial charge is 0.251 e. The number of rotatable bonds is 9. The molecule has 1 aliphatic heterocycles. The summed E-state index contributed by atoms with van der Waals surface area (Å²) < 4.78 is 11.2. The van der Waals surface area contributed by atoms with Gasteiger partial charge in [-0.1, -0.05) is 12.1 Å². The molecule has 28 heavy (non-hydrogen) atoms. The van der Waals surface area contributed by atoms with Gasteiger partial charge in [-0.25, -0.2) is 0 Å². The highest BCUT2D eigenvalue weighted by Gasteiger charge is 2.17. The summed E-state index contributed by atoms with van der Waals surface area (Å²) in [6.45, 7) is 7.65. The fourth-order valence-corrected chi connectivity index (χ4v) is 2.83. The molecule has 1 aromatic carbocycles. The summed E-state index contributed by atoms with van der Waals surface area (Å²) in [7, 11) is 1.64. The third-order valence-electron chi connectivity index (χ3n) is 4.28. The number of carbonyl (C=O) groups is 1. The van der Waals surface area contributed by atoms with Crippen molar-refractivity contribution >= 4 is 35.8 Å². The van der Waals surface area contributed by atoms with Crippen LogP contribution < -0.4 is 16.0 Å². The minimum atomic E-state index is -0.0724. The van der Waals surface area contributed by atoms with E-state index in [0.29, 0.717) is 25.3 Å². The Morgan fingerprint density at radius 1 is 1.43 bits per heavy atom. The Balaban J connectivity index is 0.00000392. The zero-order valence-electron chi connectivity index (χ0n) is 17.0. The van der Waals surface area contributed by atoms with E-state index in [4.69, 9.17) is 9.47 Å². The second-order valence-electron chi connectivity index (χ2n) is 6.65. The van der Waals surface area contributed by atoms with E-state index in [9.17, 15) is 4.79 Å². The van der Waals surface area contributed by atoms with Crippen LogP contribution in [0.2, 0.25) is 0 Å². The van der Waals surface area contributed by atoms with E-state index >= 15 is 0 Å². The molecule has 0 spiro atoms. The van der Waals surface area contributed by atoms with E-state index in [2.05, 4.69) is 27.9 Å². The van der Waals surface area contributed by atoms with Gasteiger partial charge in [-0.3, -0.25) is 9.79 Å². The first kappa shape index (κ1) is 24.6. The van der Waals surface area contributed by atoms with Crippen LogP contribution in [0.3, 0.4) is 0 Å². The number of halogens is 1. The van der Waals surface area contributed by atoms with E-state index in [1.54, 1.807) is 7.05 Å². The van der Waals surface area contributed by atoms with Crippen LogP contribution in [-0.2, 0) is 15.9 Å². The number of benzene rings is 1. The lowest BCUT2D eigenvalue weighted by molar-refractivity contribution is 0.0347. The topological polar surface area (TPSA) is 84.0 Å². The van der Waals surface area contributed by atoms with E-state index in [1.165, 1.54) is 0 Å². The van der Waals surface area contributed by atoms with E-state index in [-0.39, 0.29) is 42.0 Å². The molecule has 2 unspecified atom stereocenters. The molecule has 1 fully saturated rings. The van der Waals surface area contributed by atoms with Crippen LogP contribution in [0.25, 0.3) is 0 Å². The maximum atomic E-state index is 11.7. The molecule has 1 aromatic rings. The molecule has 1 aliphatic rings. The van der Waals surface area contributed by atoms with Gasteiger partial charge in [0.05, 0.1) is 19.3 Å². The largest absolute Gasteiger partial charge is 0.379 e. The number of amides is 1. The summed E-state index contributed by atoms with van der Waals surface area (Å²) in [6, 6.07) is 7.80. The van der Waals surface area contributed by atoms with Crippen LogP contribution in [0.15, 0.2) is 29.3 Å². The maximum absolute atomic E-state index is 11.7. The van der Waals surface area contributed by atoms with E-state index < -0.39 is 0 Å². The second kappa shape index (κ2) is 13.7. The molecule has 1 amide bonds. The molecule has 0 radical (unpaired) electrons. The first-order valence-electron chi connectivity index (χ1n) is 9.67. The highest BCUT2D eigenvalue weighted by molar-refractivity contribution is 14.0. The van der Waals surface area contributed by atoms with Gasteiger partial charge in [-0.15, -0.1) is 24.0 Å². The van der Waals surface area contributed by atoms with Crippen molar-refractivity contribution in [1.29, 1.82) is 0 Å². The zero-order chi connectivity index (χ0) is 19.5. The molecule has 1 heterocycles. The average Bonchev–Trinajstić information content (AvgIpc) is 3.20. The summed E-state index contributed by atoms with van der Waals surface area (Å²) in [5.41, 5.74) is 1.76. The zero-order valence-corrected chi connectivity index (χ0v) is 19.3. The summed E-state index contributed by atoms with van der Waals surface area (Å²) in [5, 5.41) is 9.28. The second-order valence-corrected chi connectivity index (χ2v) is 6.65. The minimum absolute atomic E-state index is 0. The Morgan fingerprint density at radius 3 is 2.93 bits per heavy atom. The Labute approximate surface area is 185 Å². The molecule has 7 nitrogen and oxygen atoms in total. The van der Waals surface area contributed by atoms with Crippen LogP contribution in [0.1, 0.15) is 36.2 Å². The van der Waals surface area contributed by atoms with Crippen molar-refractivity contribution in [3.63, 3.8) is 0 Å². The molecule has 1 saturated heterocycles. The molecule has 0 saturated carbocycles. The lowest BCUT2D eigenvalue weighted by Gasteiger charge is -2.19. The molecule has 0 bridgehead atoms. The minimum Gasteiger partial charge on any atom is -0.379 e. The number of ether oxygens (including phenoxy) is 2. The van der Waals surface area contributed by atoms with Crippen molar-refractivity contribution in [3.8, 4) is 0 Å². The molecular formula is C20H33IN4O3. The van der Waals surface area contributed by atoms with Gasteiger partial charge < -0.3 is 25.4 Å². The fraction of sp³-hybridized carbons (Fsp3) is 0.600. The van der Waals surface area contributed by atoms with Gasteiger partial charge in [0.2, 0.25) is 0 Å². The van der Waals surface area contributed by atoms with Crippen molar-refractivity contribution in [1.82, 2.24) is 16.0 Å². The van der Waals surface area contributed by atoms with Crippen LogP contribution in [0, 0.1) is 0 Å². The van der Waals surface area contributed by atoms with Gasteiger partial charge >= 0.3 is 0 Å². The number of aliphatic imine (C=N–C) groups is 1. The number of hydrogen-bond donors (Lipinski definition) is 3. The number of guanidine groups is 1. The third-order valence-corrected chi connectivity index (χ3v) is 4.28. The van der Waals surface area contributed by atoms with Crippen molar-refractivity contribution in [2.45, 2.75) is 38.8 Å². The van der Waals surface area contributed by atoms with Gasteiger partial charge in [-0.05, 0) is 44.4 Å². The SMILES string of the molecule is CCNC(=NCCc1cccc(C(=O)NC)c1)NC(C)COC1CCOC1.I. The predicted molar refractivity (Wildman–Crippen MR) is 123 cm³/mol. The van der Waals surface area contributed by atoms with Crippen LogP contribution >= 0.6 is 24.0 Å². The average molecular weight is 504 g/mol. The van der Waals surface area contributed by atoms with Crippen molar-refractivity contribution in [2.75, 3.05) is 40.0 Å². The fourth-order valence-electron chi connectivity index (χ4n) is 2.83. The van der Waals surface area contributed by atoms with Crippen LogP contribution in [-0.4, -0.2) is 64.0 Å². The van der Waals surface area contributed by atoms with Gasteiger partial charge in [0.1, 0.15) is 0 Å². The molecule has 2 rings (SSSR count). The monoisotopic (exact) mass is 504 g/mol. The summed E-state index contributed by atoms with van der Waals surface area (Å²) in [6.07, 6.45) is 1.95. The Bertz CT molecular complexity index is 621. The third kappa shape index (κ3) is 8.74. The van der Waals surface area contributed by atoms with Crippen LogP contribution in [0.5, 0.6) is 0 Å². The molecule has 158 valence electrons. The quantitative estimate of drug-likeness (QED) is 0.272. The normalized spacial score (nSPS) is 17.5. The van der Waals surface area contributed by atoms with Crippen molar-refractivity contribution in [3.05, 3.63) is 35.4 Å². The lowest BCUT2D eigenvalue weighted by Crippen LogP contribution is -2.44. The first-order valence-corrected chi connectivity index (χ1v) is 9.67. The first-order chi connectivity index (χ1) is 13.1.